The lowest BCUT2D eigenvalue weighted by atomic mass is 10.3. The van der Waals surface area contributed by atoms with Crippen LogP contribution in [-0.2, 0) is 6.54 Å². The molecule has 3 aromatic rings. The van der Waals surface area contributed by atoms with Crippen molar-refractivity contribution in [3.8, 4) is 16.5 Å². The van der Waals surface area contributed by atoms with Crippen LogP contribution in [0.5, 0.6) is 5.88 Å². The molecule has 3 heterocycles. The van der Waals surface area contributed by atoms with Crippen LogP contribution in [0, 0.1) is 6.92 Å². The third kappa shape index (κ3) is 3.54. The number of methoxy groups -OCH3 is 1. The number of aryl methyl sites for hydroxylation is 1. The summed E-state index contributed by atoms with van der Waals surface area (Å²) in [6, 6.07) is 7.00. The van der Waals surface area contributed by atoms with E-state index in [0.29, 0.717) is 12.4 Å². The van der Waals surface area contributed by atoms with Gasteiger partial charge in [-0.05, 0) is 25.1 Å². The van der Waals surface area contributed by atoms with Crippen molar-refractivity contribution in [3.05, 3.63) is 52.9 Å². The van der Waals surface area contributed by atoms with E-state index in [-0.39, 0.29) is 11.6 Å². The molecule has 0 spiro atoms. The predicted molar refractivity (Wildman–Crippen MR) is 89.8 cm³/mol. The zero-order valence-electron chi connectivity index (χ0n) is 13.2. The Morgan fingerprint density at radius 3 is 2.83 bits per heavy atom. The molecule has 0 saturated carbocycles. The number of aromatic nitrogens is 4. The molecule has 8 heteroatoms. The fourth-order valence-corrected chi connectivity index (χ4v) is 3.00. The van der Waals surface area contributed by atoms with Gasteiger partial charge in [-0.25, -0.2) is 4.98 Å². The van der Waals surface area contributed by atoms with Crippen molar-refractivity contribution in [1.82, 2.24) is 25.5 Å². The van der Waals surface area contributed by atoms with Gasteiger partial charge in [0.15, 0.2) is 5.69 Å². The highest BCUT2D eigenvalue weighted by molar-refractivity contribution is 7.15. The van der Waals surface area contributed by atoms with Crippen molar-refractivity contribution in [2.75, 3.05) is 7.11 Å². The number of ether oxygens (including phenoxy) is 1. The van der Waals surface area contributed by atoms with E-state index in [9.17, 15) is 4.79 Å². The minimum Gasteiger partial charge on any atom is -0.480 e. The highest BCUT2D eigenvalue weighted by Gasteiger charge is 2.12. The molecule has 0 radical (unpaired) electrons. The van der Waals surface area contributed by atoms with Gasteiger partial charge in [-0.1, -0.05) is 0 Å². The van der Waals surface area contributed by atoms with Gasteiger partial charge >= 0.3 is 0 Å². The molecule has 0 saturated heterocycles. The van der Waals surface area contributed by atoms with Gasteiger partial charge < -0.3 is 10.1 Å². The Hall–Kier alpha value is -2.87. The van der Waals surface area contributed by atoms with E-state index in [2.05, 4.69) is 25.5 Å². The van der Waals surface area contributed by atoms with E-state index in [1.165, 1.54) is 18.4 Å². The molecule has 0 aromatic carbocycles. The van der Waals surface area contributed by atoms with Crippen molar-refractivity contribution >= 4 is 17.2 Å². The number of hydrogen-bond acceptors (Lipinski definition) is 7. The number of carbonyl (C=O) groups excluding carboxylic acids is 1. The van der Waals surface area contributed by atoms with E-state index >= 15 is 0 Å². The fourth-order valence-electron chi connectivity index (χ4n) is 2.01. The molecule has 0 atom stereocenters. The molecular formula is C16H15N5O2S. The first kappa shape index (κ1) is 16.0. The van der Waals surface area contributed by atoms with Gasteiger partial charge in [0, 0.05) is 28.9 Å². The SMILES string of the molecule is COc1ccc(C(=O)NCc2sc(-c3cccnc3)nc2C)nn1. The number of pyridine rings is 1. The maximum Gasteiger partial charge on any atom is 0.272 e. The second kappa shape index (κ2) is 7.14. The molecule has 3 rings (SSSR count). The number of hydrogen-bond donors (Lipinski definition) is 1. The van der Waals surface area contributed by atoms with Crippen molar-refractivity contribution in [2.45, 2.75) is 13.5 Å². The first-order valence-electron chi connectivity index (χ1n) is 7.20. The van der Waals surface area contributed by atoms with Gasteiger partial charge in [-0.3, -0.25) is 9.78 Å². The molecule has 122 valence electrons. The minimum atomic E-state index is -0.291. The molecule has 0 aliphatic heterocycles. The van der Waals surface area contributed by atoms with Crippen LogP contribution < -0.4 is 10.1 Å². The van der Waals surface area contributed by atoms with Crippen LogP contribution in [0.1, 0.15) is 21.1 Å². The molecule has 7 nitrogen and oxygen atoms in total. The number of amides is 1. The van der Waals surface area contributed by atoms with Gasteiger partial charge in [0.1, 0.15) is 5.01 Å². The molecular weight excluding hydrogens is 326 g/mol. The molecule has 1 N–H and O–H groups in total. The Balaban J connectivity index is 1.68. The summed E-state index contributed by atoms with van der Waals surface area (Å²) in [5.74, 6) is 0.0758. The monoisotopic (exact) mass is 341 g/mol. The van der Waals surface area contributed by atoms with Crippen LogP contribution in [0.15, 0.2) is 36.7 Å². The second-order valence-electron chi connectivity index (χ2n) is 4.91. The first-order valence-corrected chi connectivity index (χ1v) is 8.01. The number of carbonyl (C=O) groups is 1. The van der Waals surface area contributed by atoms with Crippen LogP contribution >= 0.6 is 11.3 Å². The first-order chi connectivity index (χ1) is 11.7. The smallest absolute Gasteiger partial charge is 0.272 e. The predicted octanol–water partition coefficient (Wildman–Crippen LogP) is 2.24. The summed E-state index contributed by atoms with van der Waals surface area (Å²) in [6.07, 6.45) is 3.49. The number of rotatable bonds is 5. The third-order valence-corrected chi connectivity index (χ3v) is 4.50. The van der Waals surface area contributed by atoms with Crippen molar-refractivity contribution in [2.24, 2.45) is 0 Å². The fraction of sp³-hybridized carbons (Fsp3) is 0.188. The summed E-state index contributed by atoms with van der Waals surface area (Å²) in [5, 5.41) is 11.3. The molecule has 24 heavy (non-hydrogen) atoms. The average Bonchev–Trinajstić information content (AvgIpc) is 3.01. The van der Waals surface area contributed by atoms with Crippen LogP contribution in [0.2, 0.25) is 0 Å². The summed E-state index contributed by atoms with van der Waals surface area (Å²) in [7, 11) is 1.50. The lowest BCUT2D eigenvalue weighted by molar-refractivity contribution is 0.0945. The lowest BCUT2D eigenvalue weighted by Gasteiger charge is -2.03. The van der Waals surface area contributed by atoms with E-state index in [1.807, 2.05) is 19.1 Å². The maximum absolute atomic E-state index is 12.1. The number of thiazole rings is 1. The Morgan fingerprint density at radius 2 is 2.17 bits per heavy atom. The highest BCUT2D eigenvalue weighted by Crippen LogP contribution is 2.27. The second-order valence-corrected chi connectivity index (χ2v) is 6.00. The molecule has 0 aliphatic rings. The van der Waals surface area contributed by atoms with E-state index < -0.39 is 0 Å². The molecule has 0 unspecified atom stereocenters. The molecule has 0 aliphatic carbocycles. The molecule has 0 fully saturated rings. The van der Waals surface area contributed by atoms with E-state index in [4.69, 9.17) is 4.74 Å². The Bertz CT molecular complexity index is 833. The highest BCUT2D eigenvalue weighted by atomic mass is 32.1. The van der Waals surface area contributed by atoms with E-state index in [1.54, 1.807) is 24.5 Å². The van der Waals surface area contributed by atoms with Crippen molar-refractivity contribution < 1.29 is 9.53 Å². The standard InChI is InChI=1S/C16H15N5O2S/c1-10-13(24-16(19-10)11-4-3-7-17-8-11)9-18-15(22)12-5-6-14(23-2)21-20-12/h3-8H,9H2,1-2H3,(H,18,22). The normalized spacial score (nSPS) is 10.4. The van der Waals surface area contributed by atoms with Gasteiger partial charge in [-0.15, -0.1) is 21.5 Å². The lowest BCUT2D eigenvalue weighted by Crippen LogP contribution is -2.24. The number of nitrogens with zero attached hydrogens (tertiary/aromatic N) is 4. The maximum atomic E-state index is 12.1. The summed E-state index contributed by atoms with van der Waals surface area (Å²) < 4.78 is 4.92. The van der Waals surface area contributed by atoms with Crippen molar-refractivity contribution in [3.63, 3.8) is 0 Å². The van der Waals surface area contributed by atoms with Gasteiger partial charge in [0.25, 0.3) is 5.91 Å². The van der Waals surface area contributed by atoms with Gasteiger partial charge in [0.05, 0.1) is 19.3 Å². The van der Waals surface area contributed by atoms with Crippen LogP contribution in [0.25, 0.3) is 10.6 Å². The Labute approximate surface area is 142 Å². The van der Waals surface area contributed by atoms with Crippen molar-refractivity contribution in [1.29, 1.82) is 0 Å². The largest absolute Gasteiger partial charge is 0.480 e. The van der Waals surface area contributed by atoms with Crippen LogP contribution in [-0.4, -0.2) is 33.2 Å². The number of nitrogens with one attached hydrogen (secondary N) is 1. The topological polar surface area (TPSA) is 89.9 Å². The quantitative estimate of drug-likeness (QED) is 0.765. The summed E-state index contributed by atoms with van der Waals surface area (Å²) in [5.41, 5.74) is 2.09. The summed E-state index contributed by atoms with van der Waals surface area (Å²) >= 11 is 1.53. The average molecular weight is 341 g/mol. The van der Waals surface area contributed by atoms with E-state index in [0.717, 1.165) is 21.1 Å². The summed E-state index contributed by atoms with van der Waals surface area (Å²) in [6.45, 7) is 2.31. The van der Waals surface area contributed by atoms with Gasteiger partial charge in [-0.2, -0.15) is 0 Å². The molecule has 0 bridgehead atoms. The zero-order chi connectivity index (χ0) is 16.9. The Kier molecular flexibility index (Phi) is 4.76. The molecule has 1 amide bonds. The molecule has 3 aromatic heterocycles. The van der Waals surface area contributed by atoms with Crippen LogP contribution in [0.4, 0.5) is 0 Å². The van der Waals surface area contributed by atoms with Crippen LogP contribution in [0.3, 0.4) is 0 Å². The minimum absolute atomic E-state index is 0.241. The summed E-state index contributed by atoms with van der Waals surface area (Å²) in [4.78, 5) is 21.8. The Morgan fingerprint density at radius 1 is 1.29 bits per heavy atom. The third-order valence-electron chi connectivity index (χ3n) is 3.29. The zero-order valence-corrected chi connectivity index (χ0v) is 14.0. The van der Waals surface area contributed by atoms with Gasteiger partial charge in [0.2, 0.25) is 5.88 Å².